The zero-order chi connectivity index (χ0) is 18.4. The standard InChI is InChI=1S/C20H24O5/c1-5-6-14-7-10-17(19(11-14)24-4)25-13(2)20(22)15-8-9-16(21)18(12-15)23-3/h5,7-13,20-22H,1,6H2,2-4H3. The second-order valence-corrected chi connectivity index (χ2v) is 5.68. The molecule has 134 valence electrons. The highest BCUT2D eigenvalue weighted by Crippen LogP contribution is 2.33. The summed E-state index contributed by atoms with van der Waals surface area (Å²) in [4.78, 5) is 0. The molecular formula is C20H24O5. The van der Waals surface area contributed by atoms with Gasteiger partial charge in [-0.05, 0) is 48.7 Å². The van der Waals surface area contributed by atoms with Crippen LogP contribution in [0.4, 0.5) is 0 Å². The summed E-state index contributed by atoms with van der Waals surface area (Å²) in [6.45, 7) is 5.49. The monoisotopic (exact) mass is 344 g/mol. The molecule has 0 bridgehead atoms. The fourth-order valence-electron chi connectivity index (χ4n) is 2.52. The molecule has 2 unspecified atom stereocenters. The zero-order valence-electron chi connectivity index (χ0n) is 14.7. The number of ether oxygens (including phenoxy) is 3. The molecule has 5 heteroatoms. The van der Waals surface area contributed by atoms with Crippen molar-refractivity contribution >= 4 is 0 Å². The molecule has 0 aromatic heterocycles. The maximum atomic E-state index is 10.5. The Hall–Kier alpha value is -2.66. The Kier molecular flexibility index (Phi) is 6.31. The summed E-state index contributed by atoms with van der Waals surface area (Å²) in [7, 11) is 3.03. The number of rotatable bonds is 8. The smallest absolute Gasteiger partial charge is 0.161 e. The van der Waals surface area contributed by atoms with Crippen molar-refractivity contribution in [1.82, 2.24) is 0 Å². The van der Waals surface area contributed by atoms with Gasteiger partial charge in [0.15, 0.2) is 23.0 Å². The van der Waals surface area contributed by atoms with E-state index in [1.165, 1.54) is 13.2 Å². The van der Waals surface area contributed by atoms with Crippen LogP contribution in [-0.4, -0.2) is 30.5 Å². The summed E-state index contributed by atoms with van der Waals surface area (Å²) < 4.78 is 16.3. The lowest BCUT2D eigenvalue weighted by molar-refractivity contribution is 0.0450. The van der Waals surface area contributed by atoms with E-state index < -0.39 is 12.2 Å². The molecule has 25 heavy (non-hydrogen) atoms. The van der Waals surface area contributed by atoms with E-state index in [-0.39, 0.29) is 5.75 Å². The van der Waals surface area contributed by atoms with E-state index >= 15 is 0 Å². The third-order valence-electron chi connectivity index (χ3n) is 3.91. The van der Waals surface area contributed by atoms with Crippen LogP contribution in [0.15, 0.2) is 49.1 Å². The molecule has 2 aromatic carbocycles. The van der Waals surface area contributed by atoms with E-state index in [2.05, 4.69) is 6.58 Å². The summed E-state index contributed by atoms with van der Waals surface area (Å²) in [5.41, 5.74) is 1.65. The van der Waals surface area contributed by atoms with Crippen molar-refractivity contribution in [2.24, 2.45) is 0 Å². The van der Waals surface area contributed by atoms with Crippen molar-refractivity contribution in [2.75, 3.05) is 14.2 Å². The molecule has 5 nitrogen and oxygen atoms in total. The molecule has 0 aliphatic heterocycles. The van der Waals surface area contributed by atoms with Crippen LogP contribution in [0.5, 0.6) is 23.0 Å². The molecule has 2 aromatic rings. The van der Waals surface area contributed by atoms with Crippen LogP contribution < -0.4 is 14.2 Å². The molecule has 0 amide bonds. The Labute approximate surface area is 148 Å². The number of benzene rings is 2. The van der Waals surface area contributed by atoms with Gasteiger partial charge in [0, 0.05) is 0 Å². The van der Waals surface area contributed by atoms with Crippen LogP contribution in [0.3, 0.4) is 0 Å². The number of phenols is 1. The number of phenolic OH excluding ortho intramolecular Hbond substituents is 1. The van der Waals surface area contributed by atoms with Gasteiger partial charge in [-0.15, -0.1) is 6.58 Å². The Bertz CT molecular complexity index is 726. The Morgan fingerprint density at radius 2 is 1.76 bits per heavy atom. The SMILES string of the molecule is C=CCc1ccc(OC(C)C(O)c2ccc(O)c(OC)c2)c(OC)c1. The number of methoxy groups -OCH3 is 2. The highest BCUT2D eigenvalue weighted by atomic mass is 16.5. The minimum atomic E-state index is -0.896. The predicted molar refractivity (Wildman–Crippen MR) is 96.6 cm³/mol. The molecule has 0 heterocycles. The summed E-state index contributed by atoms with van der Waals surface area (Å²) >= 11 is 0. The molecule has 0 saturated heterocycles. The van der Waals surface area contributed by atoms with Crippen LogP contribution in [0.25, 0.3) is 0 Å². The summed E-state index contributed by atoms with van der Waals surface area (Å²) in [5, 5.41) is 20.2. The molecule has 0 aliphatic carbocycles. The molecule has 0 spiro atoms. The predicted octanol–water partition coefficient (Wildman–Crippen LogP) is 3.64. The van der Waals surface area contributed by atoms with Crippen LogP contribution in [0.1, 0.15) is 24.2 Å². The van der Waals surface area contributed by atoms with Gasteiger partial charge in [0.2, 0.25) is 0 Å². The van der Waals surface area contributed by atoms with Crippen molar-refractivity contribution in [3.05, 3.63) is 60.2 Å². The van der Waals surface area contributed by atoms with Gasteiger partial charge in [-0.1, -0.05) is 18.2 Å². The van der Waals surface area contributed by atoms with Gasteiger partial charge in [-0.2, -0.15) is 0 Å². The Morgan fingerprint density at radius 3 is 2.40 bits per heavy atom. The van der Waals surface area contributed by atoms with E-state index in [4.69, 9.17) is 14.2 Å². The van der Waals surface area contributed by atoms with E-state index in [0.717, 1.165) is 12.0 Å². The van der Waals surface area contributed by atoms with Gasteiger partial charge in [-0.3, -0.25) is 0 Å². The van der Waals surface area contributed by atoms with Crippen LogP contribution in [0, 0.1) is 0 Å². The number of aromatic hydroxyl groups is 1. The second kappa shape index (κ2) is 8.44. The van der Waals surface area contributed by atoms with Gasteiger partial charge < -0.3 is 24.4 Å². The average Bonchev–Trinajstić information content (AvgIpc) is 2.62. The first-order valence-corrected chi connectivity index (χ1v) is 7.99. The first-order valence-electron chi connectivity index (χ1n) is 7.99. The quantitative estimate of drug-likeness (QED) is 0.716. The highest BCUT2D eigenvalue weighted by Gasteiger charge is 2.21. The van der Waals surface area contributed by atoms with Gasteiger partial charge in [0.25, 0.3) is 0 Å². The molecule has 0 saturated carbocycles. The number of hydrogen-bond acceptors (Lipinski definition) is 5. The summed E-state index contributed by atoms with van der Waals surface area (Å²) in [5.74, 6) is 1.47. The molecule has 0 fully saturated rings. The number of allylic oxidation sites excluding steroid dienone is 1. The molecule has 2 rings (SSSR count). The third kappa shape index (κ3) is 4.45. The first-order chi connectivity index (χ1) is 12.0. The minimum Gasteiger partial charge on any atom is -0.504 e. The normalized spacial score (nSPS) is 13.0. The lowest BCUT2D eigenvalue weighted by atomic mass is 10.0. The largest absolute Gasteiger partial charge is 0.504 e. The highest BCUT2D eigenvalue weighted by molar-refractivity contribution is 5.44. The van der Waals surface area contributed by atoms with Crippen molar-refractivity contribution in [1.29, 1.82) is 0 Å². The molecule has 0 radical (unpaired) electrons. The van der Waals surface area contributed by atoms with Crippen LogP contribution in [0.2, 0.25) is 0 Å². The van der Waals surface area contributed by atoms with Gasteiger partial charge in [0.1, 0.15) is 12.2 Å². The van der Waals surface area contributed by atoms with Gasteiger partial charge >= 0.3 is 0 Å². The van der Waals surface area contributed by atoms with Crippen molar-refractivity contribution in [3.8, 4) is 23.0 Å². The van der Waals surface area contributed by atoms with Crippen molar-refractivity contribution in [3.63, 3.8) is 0 Å². The van der Waals surface area contributed by atoms with Gasteiger partial charge in [0.05, 0.1) is 14.2 Å². The summed E-state index contributed by atoms with van der Waals surface area (Å²) in [6.07, 6.45) is 1.13. The Balaban J connectivity index is 2.18. The van der Waals surface area contributed by atoms with Crippen molar-refractivity contribution < 1.29 is 24.4 Å². The van der Waals surface area contributed by atoms with E-state index in [1.54, 1.807) is 26.2 Å². The topological polar surface area (TPSA) is 68.2 Å². The van der Waals surface area contributed by atoms with E-state index in [0.29, 0.717) is 22.8 Å². The minimum absolute atomic E-state index is 0.0199. The molecular weight excluding hydrogens is 320 g/mol. The fraction of sp³-hybridized carbons (Fsp3) is 0.300. The maximum absolute atomic E-state index is 10.5. The third-order valence-corrected chi connectivity index (χ3v) is 3.91. The number of aliphatic hydroxyl groups is 1. The van der Waals surface area contributed by atoms with Crippen LogP contribution in [-0.2, 0) is 6.42 Å². The van der Waals surface area contributed by atoms with Gasteiger partial charge in [-0.25, -0.2) is 0 Å². The maximum Gasteiger partial charge on any atom is 0.161 e. The lowest BCUT2D eigenvalue weighted by Crippen LogP contribution is -2.22. The number of aliphatic hydroxyl groups excluding tert-OH is 1. The van der Waals surface area contributed by atoms with E-state index in [9.17, 15) is 10.2 Å². The first kappa shape index (κ1) is 18.7. The molecule has 2 N–H and O–H groups in total. The molecule has 0 aliphatic rings. The van der Waals surface area contributed by atoms with E-state index in [1.807, 2.05) is 24.3 Å². The fourth-order valence-corrected chi connectivity index (χ4v) is 2.52. The second-order valence-electron chi connectivity index (χ2n) is 5.68. The summed E-state index contributed by atoms with van der Waals surface area (Å²) in [6, 6.07) is 10.3. The average molecular weight is 344 g/mol. The van der Waals surface area contributed by atoms with Crippen LogP contribution >= 0.6 is 0 Å². The lowest BCUT2D eigenvalue weighted by Gasteiger charge is -2.22. The molecule has 2 atom stereocenters. The zero-order valence-corrected chi connectivity index (χ0v) is 14.7. The Morgan fingerprint density at radius 1 is 1.04 bits per heavy atom. The number of hydrogen-bond donors (Lipinski definition) is 2. The van der Waals surface area contributed by atoms with Crippen molar-refractivity contribution in [2.45, 2.75) is 25.6 Å².